The van der Waals surface area contributed by atoms with Crippen LogP contribution in [0.2, 0.25) is 0 Å². The first kappa shape index (κ1) is 9.99. The van der Waals surface area contributed by atoms with Gasteiger partial charge < -0.3 is 9.67 Å². The topological polar surface area (TPSA) is 25.2 Å². The Morgan fingerprint density at radius 2 is 2.20 bits per heavy atom. The van der Waals surface area contributed by atoms with Gasteiger partial charge in [0, 0.05) is 18.3 Å². The predicted molar refractivity (Wildman–Crippen MR) is 62.7 cm³/mol. The number of fused-ring (bicyclic) bond motifs is 1. The molecule has 0 aliphatic heterocycles. The molecule has 1 N–H and O–H groups in total. The van der Waals surface area contributed by atoms with Crippen molar-refractivity contribution in [2.24, 2.45) is 0 Å². The minimum Gasteiger partial charge on any atom is -0.392 e. The smallest absolute Gasteiger partial charge is 0.0702 e. The van der Waals surface area contributed by atoms with Crippen molar-refractivity contribution in [3.8, 4) is 0 Å². The largest absolute Gasteiger partial charge is 0.392 e. The maximum Gasteiger partial charge on any atom is 0.0702 e. The van der Waals surface area contributed by atoms with Crippen LogP contribution in [-0.4, -0.2) is 9.67 Å². The van der Waals surface area contributed by atoms with Crippen LogP contribution in [-0.2, 0) is 13.2 Å². The third kappa shape index (κ3) is 1.81. The van der Waals surface area contributed by atoms with E-state index in [1.165, 1.54) is 5.39 Å². The van der Waals surface area contributed by atoms with Crippen molar-refractivity contribution >= 4 is 10.9 Å². The average molecular weight is 201 g/mol. The predicted octanol–water partition coefficient (Wildman–Crippen LogP) is 2.71. The Morgan fingerprint density at radius 1 is 1.33 bits per heavy atom. The van der Waals surface area contributed by atoms with Crippen LogP contribution < -0.4 is 0 Å². The normalized spacial score (nSPS) is 11.6. The van der Waals surface area contributed by atoms with Crippen molar-refractivity contribution in [2.45, 2.75) is 20.1 Å². The van der Waals surface area contributed by atoms with E-state index in [0.717, 1.165) is 17.6 Å². The molecule has 1 aromatic carbocycles. The molecule has 78 valence electrons. The second kappa shape index (κ2) is 4.32. The number of benzene rings is 1. The lowest BCUT2D eigenvalue weighted by Gasteiger charge is -2.05. The Balaban J connectivity index is 2.55. The molecular weight excluding hydrogens is 186 g/mol. The molecule has 2 heteroatoms. The zero-order valence-electron chi connectivity index (χ0n) is 8.85. The summed E-state index contributed by atoms with van der Waals surface area (Å²) in [6, 6.07) is 8.10. The first-order chi connectivity index (χ1) is 7.36. The van der Waals surface area contributed by atoms with Gasteiger partial charge in [-0.25, -0.2) is 0 Å². The zero-order valence-corrected chi connectivity index (χ0v) is 8.85. The highest BCUT2D eigenvalue weighted by Crippen LogP contribution is 2.20. The molecule has 0 radical (unpaired) electrons. The molecule has 0 amide bonds. The number of aliphatic hydroxyl groups excluding tert-OH is 1. The van der Waals surface area contributed by atoms with Crippen LogP contribution in [0, 0.1) is 0 Å². The minimum absolute atomic E-state index is 0.0944. The second-order valence-corrected chi connectivity index (χ2v) is 3.55. The van der Waals surface area contributed by atoms with E-state index in [9.17, 15) is 5.11 Å². The number of hydrogen-bond donors (Lipinski definition) is 1. The fourth-order valence-electron chi connectivity index (χ4n) is 1.84. The average Bonchev–Trinajstić information content (AvgIpc) is 2.69. The maximum absolute atomic E-state index is 9.27. The lowest BCUT2D eigenvalue weighted by atomic mass is 10.1. The van der Waals surface area contributed by atoms with Crippen molar-refractivity contribution in [2.75, 3.05) is 0 Å². The highest BCUT2D eigenvalue weighted by molar-refractivity contribution is 5.83. The van der Waals surface area contributed by atoms with Crippen molar-refractivity contribution in [1.82, 2.24) is 4.57 Å². The Kier molecular flexibility index (Phi) is 2.88. The van der Waals surface area contributed by atoms with E-state index in [-0.39, 0.29) is 6.61 Å². The number of aromatic nitrogens is 1. The van der Waals surface area contributed by atoms with Gasteiger partial charge in [-0.05, 0) is 18.4 Å². The van der Waals surface area contributed by atoms with Crippen LogP contribution in [0.1, 0.15) is 12.5 Å². The van der Waals surface area contributed by atoms with Crippen molar-refractivity contribution in [3.05, 3.63) is 48.2 Å². The summed E-state index contributed by atoms with van der Waals surface area (Å²) < 4.78 is 2.15. The van der Waals surface area contributed by atoms with Crippen LogP contribution in [0.15, 0.2) is 42.6 Å². The van der Waals surface area contributed by atoms with Crippen LogP contribution in [0.4, 0.5) is 0 Å². The number of aliphatic hydroxyl groups is 1. The molecule has 0 atom stereocenters. The monoisotopic (exact) mass is 201 g/mol. The Hall–Kier alpha value is -1.54. The molecule has 0 aliphatic rings. The molecule has 1 aromatic heterocycles. The molecular formula is C13H15NO. The number of rotatable bonds is 3. The van der Waals surface area contributed by atoms with Gasteiger partial charge in [-0.1, -0.05) is 30.4 Å². The molecule has 2 rings (SSSR count). The van der Waals surface area contributed by atoms with E-state index < -0.39 is 0 Å². The summed E-state index contributed by atoms with van der Waals surface area (Å²) in [5.41, 5.74) is 2.13. The summed E-state index contributed by atoms with van der Waals surface area (Å²) in [6.45, 7) is 2.97. The van der Waals surface area contributed by atoms with Crippen LogP contribution in [0.5, 0.6) is 0 Å². The SMILES string of the molecule is C/C=C/Cn1ccc2cccc(CO)c21. The first-order valence-corrected chi connectivity index (χ1v) is 5.15. The molecule has 0 saturated heterocycles. The molecule has 0 spiro atoms. The highest BCUT2D eigenvalue weighted by Gasteiger charge is 2.04. The molecule has 0 bridgehead atoms. The van der Waals surface area contributed by atoms with Crippen molar-refractivity contribution in [3.63, 3.8) is 0 Å². The van der Waals surface area contributed by atoms with E-state index in [0.29, 0.717) is 0 Å². The molecule has 0 unspecified atom stereocenters. The molecule has 15 heavy (non-hydrogen) atoms. The Morgan fingerprint density at radius 3 is 2.93 bits per heavy atom. The van der Waals surface area contributed by atoms with Crippen molar-refractivity contribution < 1.29 is 5.11 Å². The van der Waals surface area contributed by atoms with Gasteiger partial charge in [0.05, 0.1) is 12.1 Å². The Bertz CT molecular complexity index is 482. The van der Waals surface area contributed by atoms with E-state index in [2.05, 4.69) is 29.0 Å². The third-order valence-electron chi connectivity index (χ3n) is 2.58. The summed E-state index contributed by atoms with van der Waals surface area (Å²) >= 11 is 0. The van der Waals surface area contributed by atoms with Crippen LogP contribution in [0.3, 0.4) is 0 Å². The molecule has 0 aliphatic carbocycles. The van der Waals surface area contributed by atoms with E-state index in [1.54, 1.807) is 0 Å². The standard InChI is InChI=1S/C13H15NO/c1-2-3-8-14-9-7-11-5-4-6-12(10-15)13(11)14/h2-7,9,15H,8,10H2,1H3/b3-2+. The molecule has 0 saturated carbocycles. The first-order valence-electron chi connectivity index (χ1n) is 5.15. The Labute approximate surface area is 89.5 Å². The lowest BCUT2D eigenvalue weighted by molar-refractivity contribution is 0.283. The van der Waals surface area contributed by atoms with Gasteiger partial charge in [0.25, 0.3) is 0 Å². The van der Waals surface area contributed by atoms with E-state index >= 15 is 0 Å². The van der Waals surface area contributed by atoms with Gasteiger partial charge in [0.2, 0.25) is 0 Å². The number of allylic oxidation sites excluding steroid dienone is 2. The highest BCUT2D eigenvalue weighted by atomic mass is 16.3. The number of nitrogens with zero attached hydrogens (tertiary/aromatic N) is 1. The van der Waals surface area contributed by atoms with Crippen LogP contribution in [0.25, 0.3) is 10.9 Å². The molecule has 2 nitrogen and oxygen atoms in total. The molecule has 2 aromatic rings. The fourth-order valence-corrected chi connectivity index (χ4v) is 1.84. The molecule has 1 heterocycles. The number of para-hydroxylation sites is 1. The van der Waals surface area contributed by atoms with Gasteiger partial charge in [0.15, 0.2) is 0 Å². The quantitative estimate of drug-likeness (QED) is 0.759. The summed E-state index contributed by atoms with van der Waals surface area (Å²) in [5, 5.41) is 10.5. The second-order valence-electron chi connectivity index (χ2n) is 3.55. The van der Waals surface area contributed by atoms with Crippen LogP contribution >= 0.6 is 0 Å². The van der Waals surface area contributed by atoms with Gasteiger partial charge in [-0.15, -0.1) is 0 Å². The summed E-state index contributed by atoms with van der Waals surface area (Å²) in [5.74, 6) is 0. The number of hydrogen-bond acceptors (Lipinski definition) is 1. The lowest BCUT2D eigenvalue weighted by Crippen LogP contribution is -1.96. The van der Waals surface area contributed by atoms with E-state index in [4.69, 9.17) is 0 Å². The maximum atomic E-state index is 9.27. The van der Waals surface area contributed by atoms with Gasteiger partial charge in [-0.2, -0.15) is 0 Å². The summed E-state index contributed by atoms with van der Waals surface area (Å²) in [4.78, 5) is 0. The van der Waals surface area contributed by atoms with Gasteiger partial charge in [0.1, 0.15) is 0 Å². The van der Waals surface area contributed by atoms with Gasteiger partial charge >= 0.3 is 0 Å². The molecule has 0 fully saturated rings. The third-order valence-corrected chi connectivity index (χ3v) is 2.58. The summed E-state index contributed by atoms with van der Waals surface area (Å²) in [6.07, 6.45) is 6.20. The van der Waals surface area contributed by atoms with Gasteiger partial charge in [-0.3, -0.25) is 0 Å². The minimum atomic E-state index is 0.0944. The van der Waals surface area contributed by atoms with E-state index in [1.807, 2.05) is 25.1 Å². The fraction of sp³-hybridized carbons (Fsp3) is 0.231. The zero-order chi connectivity index (χ0) is 10.7. The summed E-state index contributed by atoms with van der Waals surface area (Å²) in [7, 11) is 0. The van der Waals surface area contributed by atoms with Crippen molar-refractivity contribution in [1.29, 1.82) is 0 Å².